The third kappa shape index (κ3) is 3.80. The van der Waals surface area contributed by atoms with E-state index < -0.39 is 5.60 Å². The minimum atomic E-state index is -1.08. The van der Waals surface area contributed by atoms with E-state index in [1.807, 2.05) is 4.90 Å². The molecule has 5 fully saturated rings. The zero-order valence-electron chi connectivity index (χ0n) is 18.7. The zero-order chi connectivity index (χ0) is 20.9. The summed E-state index contributed by atoms with van der Waals surface area (Å²) in [6.07, 6.45) is 13.0. The van der Waals surface area contributed by atoms with Crippen molar-refractivity contribution in [2.75, 3.05) is 26.2 Å². The molecule has 1 N–H and O–H groups in total. The molecule has 2 amide bonds. The summed E-state index contributed by atoms with van der Waals surface area (Å²) in [6, 6.07) is 0. The average Bonchev–Trinajstić information content (AvgIpc) is 3.46. The molecule has 0 spiro atoms. The van der Waals surface area contributed by atoms with E-state index in [0.29, 0.717) is 44.9 Å². The van der Waals surface area contributed by atoms with Gasteiger partial charge in [-0.3, -0.25) is 9.59 Å². The first kappa shape index (κ1) is 20.8. The molecular weight excluding hydrogens is 376 g/mol. The van der Waals surface area contributed by atoms with E-state index in [0.717, 1.165) is 42.4 Å². The van der Waals surface area contributed by atoms with Crippen molar-refractivity contribution in [3.05, 3.63) is 0 Å². The van der Waals surface area contributed by atoms with Crippen LogP contribution in [0.4, 0.5) is 0 Å². The number of fused-ring (bicyclic) bond motifs is 1. The Hall–Kier alpha value is -1.10. The van der Waals surface area contributed by atoms with Gasteiger partial charge in [0, 0.05) is 32.1 Å². The second kappa shape index (κ2) is 8.11. The minimum absolute atomic E-state index is 0.124. The summed E-state index contributed by atoms with van der Waals surface area (Å²) in [5.74, 6) is 4.98. The Bertz CT molecular complexity index is 659. The summed E-state index contributed by atoms with van der Waals surface area (Å²) in [4.78, 5) is 29.2. The molecule has 1 heterocycles. The molecule has 4 saturated carbocycles. The molecule has 4 aliphatic carbocycles. The Balaban J connectivity index is 1.09. The number of hydrogen-bond donors (Lipinski definition) is 1. The highest BCUT2D eigenvalue weighted by Gasteiger charge is 2.50. The topological polar surface area (TPSA) is 60.9 Å². The molecule has 1 saturated heterocycles. The molecule has 168 valence electrons. The number of carbonyl (C=O) groups excluding carboxylic acids is 2. The third-order valence-electron chi connectivity index (χ3n) is 9.62. The molecule has 5 nitrogen and oxygen atoms in total. The Morgan fingerprint density at radius 1 is 0.800 bits per heavy atom. The maximum absolute atomic E-state index is 13.1. The number of nitrogens with zero attached hydrogens (tertiary/aromatic N) is 2. The first-order valence-electron chi connectivity index (χ1n) is 12.8. The molecule has 4 atom stereocenters. The lowest BCUT2D eigenvalue weighted by Gasteiger charge is -2.39. The number of amides is 2. The molecule has 4 unspecified atom stereocenters. The fourth-order valence-corrected chi connectivity index (χ4v) is 7.53. The maximum atomic E-state index is 13.1. The molecule has 0 aromatic carbocycles. The van der Waals surface area contributed by atoms with Gasteiger partial charge in [-0.15, -0.1) is 0 Å². The predicted octanol–water partition coefficient (Wildman–Crippen LogP) is 3.45. The van der Waals surface area contributed by atoms with Crippen LogP contribution in [-0.4, -0.2) is 58.5 Å². The number of hydrogen-bond acceptors (Lipinski definition) is 3. The monoisotopic (exact) mass is 416 g/mol. The summed E-state index contributed by atoms with van der Waals surface area (Å²) < 4.78 is 0. The highest BCUT2D eigenvalue weighted by atomic mass is 16.3. The van der Waals surface area contributed by atoms with Crippen LogP contribution < -0.4 is 0 Å². The van der Waals surface area contributed by atoms with Crippen LogP contribution >= 0.6 is 0 Å². The van der Waals surface area contributed by atoms with Crippen molar-refractivity contribution < 1.29 is 14.7 Å². The van der Waals surface area contributed by atoms with Gasteiger partial charge < -0.3 is 14.9 Å². The SMILES string of the molecule is CC1C2CCCCC2CC1C1CCC(C(=O)N2CCN(C(=O)C3(O)CC3)CC2)CC1. The third-order valence-corrected chi connectivity index (χ3v) is 9.62. The summed E-state index contributed by atoms with van der Waals surface area (Å²) in [6.45, 7) is 4.93. The molecule has 0 radical (unpaired) electrons. The van der Waals surface area contributed by atoms with Crippen molar-refractivity contribution >= 4 is 11.8 Å². The second-order valence-electron chi connectivity index (χ2n) is 11.2. The van der Waals surface area contributed by atoms with E-state index in [1.54, 1.807) is 4.90 Å². The van der Waals surface area contributed by atoms with E-state index in [1.165, 1.54) is 44.9 Å². The van der Waals surface area contributed by atoms with Crippen LogP contribution in [-0.2, 0) is 9.59 Å². The Kier molecular flexibility index (Phi) is 5.62. The van der Waals surface area contributed by atoms with E-state index >= 15 is 0 Å². The molecule has 1 aliphatic heterocycles. The lowest BCUT2D eigenvalue weighted by Crippen LogP contribution is -2.54. The van der Waals surface area contributed by atoms with Crippen LogP contribution in [0.3, 0.4) is 0 Å². The summed E-state index contributed by atoms with van der Waals surface area (Å²) in [7, 11) is 0. The fourth-order valence-electron chi connectivity index (χ4n) is 7.53. The fraction of sp³-hybridized carbons (Fsp3) is 0.920. The van der Waals surface area contributed by atoms with E-state index in [-0.39, 0.29) is 11.8 Å². The summed E-state index contributed by atoms with van der Waals surface area (Å²) >= 11 is 0. The van der Waals surface area contributed by atoms with Crippen LogP contribution in [0.5, 0.6) is 0 Å². The quantitative estimate of drug-likeness (QED) is 0.767. The van der Waals surface area contributed by atoms with Gasteiger partial charge in [0.25, 0.3) is 5.91 Å². The van der Waals surface area contributed by atoms with Crippen molar-refractivity contribution in [3.8, 4) is 0 Å². The smallest absolute Gasteiger partial charge is 0.254 e. The van der Waals surface area contributed by atoms with Gasteiger partial charge >= 0.3 is 0 Å². The Morgan fingerprint density at radius 3 is 2.07 bits per heavy atom. The lowest BCUT2D eigenvalue weighted by atomic mass is 9.71. The maximum Gasteiger partial charge on any atom is 0.254 e. The summed E-state index contributed by atoms with van der Waals surface area (Å²) in [5.41, 5.74) is -1.08. The molecule has 0 aromatic heterocycles. The Morgan fingerprint density at radius 2 is 1.43 bits per heavy atom. The van der Waals surface area contributed by atoms with Crippen molar-refractivity contribution in [1.29, 1.82) is 0 Å². The van der Waals surface area contributed by atoms with Gasteiger partial charge in [-0.1, -0.05) is 26.2 Å². The summed E-state index contributed by atoms with van der Waals surface area (Å²) in [5, 5.41) is 10.1. The zero-order valence-corrected chi connectivity index (χ0v) is 18.7. The van der Waals surface area contributed by atoms with E-state index in [4.69, 9.17) is 0 Å². The van der Waals surface area contributed by atoms with Crippen LogP contribution in [0.15, 0.2) is 0 Å². The van der Waals surface area contributed by atoms with Crippen molar-refractivity contribution in [2.24, 2.45) is 35.5 Å². The number of carbonyl (C=O) groups is 2. The van der Waals surface area contributed by atoms with Gasteiger partial charge in [0.15, 0.2) is 0 Å². The van der Waals surface area contributed by atoms with Crippen molar-refractivity contribution in [3.63, 3.8) is 0 Å². The molecule has 30 heavy (non-hydrogen) atoms. The molecule has 0 bridgehead atoms. The van der Waals surface area contributed by atoms with Crippen LogP contribution in [0, 0.1) is 35.5 Å². The largest absolute Gasteiger partial charge is 0.380 e. The number of rotatable bonds is 3. The predicted molar refractivity (Wildman–Crippen MR) is 116 cm³/mol. The number of aliphatic hydroxyl groups is 1. The highest BCUT2D eigenvalue weighted by Crippen LogP contribution is 2.53. The van der Waals surface area contributed by atoms with E-state index in [9.17, 15) is 14.7 Å². The molecule has 5 rings (SSSR count). The van der Waals surface area contributed by atoms with Crippen LogP contribution in [0.2, 0.25) is 0 Å². The Labute approximate surface area is 181 Å². The van der Waals surface area contributed by atoms with Gasteiger partial charge in [-0.25, -0.2) is 0 Å². The minimum Gasteiger partial charge on any atom is -0.380 e. The lowest BCUT2D eigenvalue weighted by molar-refractivity contribution is -0.148. The van der Waals surface area contributed by atoms with Crippen molar-refractivity contribution in [1.82, 2.24) is 9.80 Å². The molecule has 5 heteroatoms. The normalized spacial score (nSPS) is 40.7. The first-order valence-corrected chi connectivity index (χ1v) is 12.8. The van der Waals surface area contributed by atoms with Crippen molar-refractivity contribution in [2.45, 2.75) is 83.2 Å². The molecule has 5 aliphatic rings. The standard InChI is InChI=1S/C25H40N2O3/c1-17-21-5-3-2-4-20(21)16-22(17)18-6-8-19(9-7-18)23(28)26-12-14-27(15-13-26)24(29)25(30)10-11-25/h17-22,30H,2-16H2,1H3. The highest BCUT2D eigenvalue weighted by molar-refractivity contribution is 5.88. The van der Waals surface area contributed by atoms with Gasteiger partial charge in [0.05, 0.1) is 0 Å². The molecule has 0 aromatic rings. The van der Waals surface area contributed by atoms with Crippen LogP contribution in [0.1, 0.15) is 77.6 Å². The van der Waals surface area contributed by atoms with Gasteiger partial charge in [0.1, 0.15) is 5.60 Å². The second-order valence-corrected chi connectivity index (χ2v) is 11.2. The number of piperazine rings is 1. The van der Waals surface area contributed by atoms with Gasteiger partial charge in [0.2, 0.25) is 5.91 Å². The van der Waals surface area contributed by atoms with E-state index in [2.05, 4.69) is 6.92 Å². The average molecular weight is 417 g/mol. The first-order chi connectivity index (χ1) is 14.5. The van der Waals surface area contributed by atoms with Gasteiger partial charge in [-0.05, 0) is 81.0 Å². The molecular formula is C25H40N2O3. The van der Waals surface area contributed by atoms with Crippen LogP contribution in [0.25, 0.3) is 0 Å². The van der Waals surface area contributed by atoms with Gasteiger partial charge in [-0.2, -0.15) is 0 Å².